The van der Waals surface area contributed by atoms with E-state index in [1.807, 2.05) is 0 Å². The highest BCUT2D eigenvalue weighted by molar-refractivity contribution is 6.31. The molecule has 29 heavy (non-hydrogen) atoms. The molecular formula is C19H13F3N2O5. The molecule has 2 aromatic rings. The quantitative estimate of drug-likeness (QED) is 0.588. The fourth-order valence-corrected chi connectivity index (χ4v) is 2.59. The number of anilines is 1. The second kappa shape index (κ2) is 7.66. The van der Waals surface area contributed by atoms with Crippen LogP contribution in [0.15, 0.2) is 54.1 Å². The van der Waals surface area contributed by atoms with Gasteiger partial charge in [-0.15, -0.1) is 0 Å². The van der Waals surface area contributed by atoms with Crippen LogP contribution in [0.4, 0.5) is 18.9 Å². The number of aliphatic carboxylic acids is 1. The number of rotatable bonds is 5. The maximum atomic E-state index is 12.9. The minimum Gasteiger partial charge on any atom is -0.481 e. The molecule has 0 saturated carbocycles. The smallest absolute Gasteiger partial charge is 0.416 e. The van der Waals surface area contributed by atoms with Gasteiger partial charge >= 0.3 is 12.1 Å². The van der Waals surface area contributed by atoms with Gasteiger partial charge in [0.2, 0.25) is 0 Å². The lowest BCUT2D eigenvalue weighted by Gasteiger charge is -2.16. The highest BCUT2D eigenvalue weighted by Gasteiger charge is 2.36. The number of carboxylic acid groups (broad SMARTS) is 1. The number of ether oxygens (including phenoxy) is 1. The van der Waals surface area contributed by atoms with Gasteiger partial charge in [0.1, 0.15) is 11.3 Å². The zero-order valence-electron chi connectivity index (χ0n) is 14.6. The van der Waals surface area contributed by atoms with Gasteiger partial charge in [0.25, 0.3) is 11.8 Å². The number of carbonyl (C=O) groups excluding carboxylic acids is 2. The number of hydrogen-bond donors (Lipinski definition) is 2. The number of benzene rings is 2. The van der Waals surface area contributed by atoms with Crippen molar-refractivity contribution in [3.05, 3.63) is 65.2 Å². The van der Waals surface area contributed by atoms with Crippen molar-refractivity contribution in [3.63, 3.8) is 0 Å². The Hall–Kier alpha value is -3.82. The van der Waals surface area contributed by atoms with E-state index in [9.17, 15) is 27.6 Å². The van der Waals surface area contributed by atoms with Crippen LogP contribution in [-0.2, 0) is 20.6 Å². The molecule has 7 nitrogen and oxygen atoms in total. The van der Waals surface area contributed by atoms with Gasteiger partial charge in [-0.2, -0.15) is 13.2 Å². The molecule has 2 aromatic carbocycles. The predicted molar refractivity (Wildman–Crippen MR) is 94.6 cm³/mol. The summed E-state index contributed by atoms with van der Waals surface area (Å²) in [4.78, 5) is 35.5. The molecule has 0 aliphatic carbocycles. The number of carboxylic acids is 1. The van der Waals surface area contributed by atoms with Gasteiger partial charge in [-0.05, 0) is 30.3 Å². The lowest BCUT2D eigenvalue weighted by Crippen LogP contribution is -2.35. The van der Waals surface area contributed by atoms with Crippen molar-refractivity contribution in [1.82, 2.24) is 5.43 Å². The number of hydrazine groups is 1. The molecule has 0 atom stereocenters. The van der Waals surface area contributed by atoms with Gasteiger partial charge in [0.15, 0.2) is 6.61 Å². The van der Waals surface area contributed by atoms with E-state index < -0.39 is 36.1 Å². The summed E-state index contributed by atoms with van der Waals surface area (Å²) < 4.78 is 43.8. The fraction of sp³-hybridized carbons (Fsp3) is 0.105. The largest absolute Gasteiger partial charge is 0.481 e. The van der Waals surface area contributed by atoms with Crippen molar-refractivity contribution in [2.75, 3.05) is 11.6 Å². The van der Waals surface area contributed by atoms with Crippen molar-refractivity contribution in [2.45, 2.75) is 6.18 Å². The summed E-state index contributed by atoms with van der Waals surface area (Å²) in [6, 6.07) is 10.1. The van der Waals surface area contributed by atoms with Crippen LogP contribution in [0.1, 0.15) is 11.1 Å². The van der Waals surface area contributed by atoms with Gasteiger partial charge in [-0.3, -0.25) is 15.0 Å². The topological polar surface area (TPSA) is 95.9 Å². The molecular weight excluding hydrogens is 393 g/mol. The molecule has 3 rings (SSSR count). The second-order valence-corrected chi connectivity index (χ2v) is 5.91. The lowest BCUT2D eigenvalue weighted by molar-refractivity contribution is -0.139. The van der Waals surface area contributed by atoms with E-state index in [4.69, 9.17) is 9.84 Å². The summed E-state index contributed by atoms with van der Waals surface area (Å²) in [7, 11) is 0. The molecule has 1 heterocycles. The number of carbonyl (C=O) groups is 3. The molecule has 0 radical (unpaired) electrons. The van der Waals surface area contributed by atoms with Crippen molar-refractivity contribution < 1.29 is 37.4 Å². The number of amides is 2. The minimum absolute atomic E-state index is 0.125. The van der Waals surface area contributed by atoms with Crippen LogP contribution < -0.4 is 15.2 Å². The van der Waals surface area contributed by atoms with Crippen LogP contribution in [-0.4, -0.2) is 29.5 Å². The SMILES string of the molecule is O=C(O)COc1ccccc1/C=C1/C(=O)NN(c2cccc(C(F)(F)F)c2)C1=O. The Labute approximate surface area is 162 Å². The van der Waals surface area contributed by atoms with E-state index in [1.165, 1.54) is 24.3 Å². The van der Waals surface area contributed by atoms with Crippen LogP contribution in [0.2, 0.25) is 0 Å². The summed E-state index contributed by atoms with van der Waals surface area (Å²) in [5.41, 5.74) is 1.01. The Morgan fingerprint density at radius 2 is 1.86 bits per heavy atom. The third-order valence-electron chi connectivity index (χ3n) is 3.89. The number of nitrogens with zero attached hydrogens (tertiary/aromatic N) is 1. The van der Waals surface area contributed by atoms with E-state index in [0.717, 1.165) is 18.2 Å². The normalized spacial score (nSPS) is 15.6. The molecule has 1 saturated heterocycles. The van der Waals surface area contributed by atoms with Crippen LogP contribution in [0.3, 0.4) is 0 Å². The summed E-state index contributed by atoms with van der Waals surface area (Å²) >= 11 is 0. The Morgan fingerprint density at radius 1 is 1.14 bits per heavy atom. The lowest BCUT2D eigenvalue weighted by atomic mass is 10.1. The number of halogens is 3. The fourth-order valence-electron chi connectivity index (χ4n) is 2.59. The molecule has 150 valence electrons. The van der Waals surface area contributed by atoms with Gasteiger partial charge in [0.05, 0.1) is 11.3 Å². The molecule has 1 aliphatic heterocycles. The second-order valence-electron chi connectivity index (χ2n) is 5.91. The molecule has 10 heteroatoms. The summed E-state index contributed by atoms with van der Waals surface area (Å²) in [6.07, 6.45) is -3.43. The van der Waals surface area contributed by atoms with E-state index in [2.05, 4.69) is 5.43 Å². The standard InChI is InChI=1S/C19H13F3N2O5/c20-19(21,22)12-5-3-6-13(9-12)24-18(28)14(17(27)23-24)8-11-4-1-2-7-15(11)29-10-16(25)26/h1-9H,10H2,(H,23,27)(H,25,26)/b14-8-. The molecule has 2 N–H and O–H groups in total. The van der Waals surface area contributed by atoms with E-state index in [1.54, 1.807) is 12.1 Å². The Kier molecular flexibility index (Phi) is 5.26. The number of nitrogens with one attached hydrogen (secondary N) is 1. The first kappa shape index (κ1) is 19.9. The van der Waals surface area contributed by atoms with Crippen LogP contribution in [0, 0.1) is 0 Å². The molecule has 0 bridgehead atoms. The average molecular weight is 406 g/mol. The third-order valence-corrected chi connectivity index (χ3v) is 3.89. The maximum Gasteiger partial charge on any atom is 0.416 e. The summed E-state index contributed by atoms with van der Waals surface area (Å²) in [6.45, 7) is -0.628. The average Bonchev–Trinajstić information content (AvgIpc) is 2.95. The first-order valence-corrected chi connectivity index (χ1v) is 8.15. The Bertz CT molecular complexity index is 1020. The number of para-hydroxylation sites is 1. The van der Waals surface area contributed by atoms with Crippen LogP contribution in [0.25, 0.3) is 6.08 Å². The highest BCUT2D eigenvalue weighted by atomic mass is 19.4. The van der Waals surface area contributed by atoms with Gasteiger partial charge in [0, 0.05) is 5.56 Å². The van der Waals surface area contributed by atoms with E-state index in [-0.39, 0.29) is 22.6 Å². The van der Waals surface area contributed by atoms with Gasteiger partial charge < -0.3 is 9.84 Å². The monoisotopic (exact) mass is 406 g/mol. The Morgan fingerprint density at radius 3 is 2.55 bits per heavy atom. The molecule has 0 unspecified atom stereocenters. The molecule has 1 aliphatic rings. The minimum atomic E-state index is -4.61. The van der Waals surface area contributed by atoms with Gasteiger partial charge in [-0.1, -0.05) is 24.3 Å². The van der Waals surface area contributed by atoms with E-state index >= 15 is 0 Å². The zero-order valence-corrected chi connectivity index (χ0v) is 14.6. The third kappa shape index (κ3) is 4.37. The predicted octanol–water partition coefficient (Wildman–Crippen LogP) is 2.63. The van der Waals surface area contributed by atoms with Crippen LogP contribution in [0.5, 0.6) is 5.75 Å². The summed E-state index contributed by atoms with van der Waals surface area (Å²) in [5.74, 6) is -2.76. The van der Waals surface area contributed by atoms with Crippen molar-refractivity contribution in [2.24, 2.45) is 0 Å². The first-order valence-electron chi connectivity index (χ1n) is 8.15. The molecule has 0 aromatic heterocycles. The number of alkyl halides is 3. The Balaban J connectivity index is 1.92. The van der Waals surface area contributed by atoms with Crippen LogP contribution >= 0.6 is 0 Å². The van der Waals surface area contributed by atoms with Gasteiger partial charge in [-0.25, -0.2) is 9.80 Å². The summed E-state index contributed by atoms with van der Waals surface area (Å²) in [5, 5.41) is 9.44. The molecule has 2 amide bonds. The zero-order chi connectivity index (χ0) is 21.2. The maximum absolute atomic E-state index is 12.9. The van der Waals surface area contributed by atoms with E-state index in [0.29, 0.717) is 5.01 Å². The molecule has 1 fully saturated rings. The highest BCUT2D eigenvalue weighted by Crippen LogP contribution is 2.32. The van der Waals surface area contributed by atoms with Crippen molar-refractivity contribution in [1.29, 1.82) is 0 Å². The van der Waals surface area contributed by atoms with Crippen molar-refractivity contribution in [3.8, 4) is 5.75 Å². The number of hydrogen-bond acceptors (Lipinski definition) is 4. The first-order chi connectivity index (χ1) is 13.7. The van der Waals surface area contributed by atoms with Crippen molar-refractivity contribution >= 4 is 29.5 Å². The molecule has 0 spiro atoms.